The van der Waals surface area contributed by atoms with Crippen molar-refractivity contribution >= 4 is 11.6 Å². The fourth-order valence-electron chi connectivity index (χ4n) is 1.55. The summed E-state index contributed by atoms with van der Waals surface area (Å²) in [7, 11) is 1.45. The van der Waals surface area contributed by atoms with E-state index in [2.05, 4.69) is 10.4 Å². The van der Waals surface area contributed by atoms with Crippen LogP contribution in [0, 0.1) is 12.7 Å². The Morgan fingerprint density at radius 1 is 1.37 bits per heavy atom. The Morgan fingerprint density at radius 2 is 2.11 bits per heavy atom. The summed E-state index contributed by atoms with van der Waals surface area (Å²) in [5.41, 5.74) is 0.232. The number of nitrogens with zero attached hydrogens (tertiary/aromatic N) is 2. The Labute approximate surface area is 108 Å². The summed E-state index contributed by atoms with van der Waals surface area (Å²) >= 11 is 0. The number of hydrogen-bond acceptors (Lipinski definition) is 3. The van der Waals surface area contributed by atoms with E-state index in [4.69, 9.17) is 0 Å². The van der Waals surface area contributed by atoms with Crippen LogP contribution in [-0.4, -0.2) is 15.7 Å². The number of rotatable bonds is 2. The Hall–Kier alpha value is -2.50. The lowest BCUT2D eigenvalue weighted by molar-refractivity contribution is 0.102. The summed E-state index contributed by atoms with van der Waals surface area (Å²) < 4.78 is 14.4. The lowest BCUT2D eigenvalue weighted by Gasteiger charge is -2.06. The first-order chi connectivity index (χ1) is 8.99. The fraction of sp³-hybridized carbons (Fsp3) is 0.154. The molecule has 1 aromatic carbocycles. The zero-order valence-electron chi connectivity index (χ0n) is 10.5. The Kier molecular flexibility index (Phi) is 3.41. The molecule has 0 aliphatic heterocycles. The SMILES string of the molecule is Cc1ccc(NC(=O)c2ccnn(C)c2=O)cc1F. The Bertz CT molecular complexity index is 695. The largest absolute Gasteiger partial charge is 0.322 e. The fourth-order valence-corrected chi connectivity index (χ4v) is 1.55. The molecule has 0 saturated carbocycles. The third-order valence-corrected chi connectivity index (χ3v) is 2.68. The predicted octanol–water partition coefficient (Wildman–Crippen LogP) is 1.48. The molecule has 1 aromatic heterocycles. The standard InChI is InChI=1S/C13H12FN3O2/c1-8-3-4-9(7-11(8)14)16-12(18)10-5-6-15-17(2)13(10)19/h3-7H,1-2H3,(H,16,18). The zero-order valence-corrected chi connectivity index (χ0v) is 10.5. The average molecular weight is 261 g/mol. The molecule has 98 valence electrons. The van der Waals surface area contributed by atoms with E-state index < -0.39 is 17.3 Å². The van der Waals surface area contributed by atoms with E-state index in [0.29, 0.717) is 11.3 Å². The second-order valence-electron chi connectivity index (χ2n) is 4.09. The van der Waals surface area contributed by atoms with Crippen LogP contribution in [0.25, 0.3) is 0 Å². The van der Waals surface area contributed by atoms with Crippen LogP contribution in [0.3, 0.4) is 0 Å². The minimum atomic E-state index is -0.591. The first-order valence-electron chi connectivity index (χ1n) is 5.59. The highest BCUT2D eigenvalue weighted by molar-refractivity contribution is 6.03. The molecule has 5 nitrogen and oxygen atoms in total. The lowest BCUT2D eigenvalue weighted by Crippen LogP contribution is -2.28. The third kappa shape index (κ3) is 2.67. The molecule has 0 atom stereocenters. The van der Waals surface area contributed by atoms with Gasteiger partial charge in [0.05, 0.1) is 0 Å². The summed E-state index contributed by atoms with van der Waals surface area (Å²) in [5.74, 6) is -1.01. The van der Waals surface area contributed by atoms with Crippen molar-refractivity contribution in [2.24, 2.45) is 7.05 Å². The topological polar surface area (TPSA) is 64.0 Å². The van der Waals surface area contributed by atoms with Gasteiger partial charge in [-0.3, -0.25) is 9.59 Å². The molecule has 1 heterocycles. The molecule has 0 saturated heterocycles. The van der Waals surface area contributed by atoms with Gasteiger partial charge >= 0.3 is 0 Å². The van der Waals surface area contributed by atoms with Crippen LogP contribution >= 0.6 is 0 Å². The summed E-state index contributed by atoms with van der Waals surface area (Å²) in [6.07, 6.45) is 1.35. The van der Waals surface area contributed by atoms with Gasteiger partial charge in [0, 0.05) is 18.9 Å². The minimum Gasteiger partial charge on any atom is -0.322 e. The van der Waals surface area contributed by atoms with Crippen LogP contribution in [0.5, 0.6) is 0 Å². The third-order valence-electron chi connectivity index (χ3n) is 2.68. The smallest absolute Gasteiger partial charge is 0.279 e. The van der Waals surface area contributed by atoms with Crippen molar-refractivity contribution in [3.63, 3.8) is 0 Å². The molecule has 0 bridgehead atoms. The molecule has 0 unspecified atom stereocenters. The summed E-state index contributed by atoms with van der Waals surface area (Å²) in [5, 5.41) is 6.19. The quantitative estimate of drug-likeness (QED) is 0.890. The molecular weight excluding hydrogens is 249 g/mol. The minimum absolute atomic E-state index is 0.0431. The van der Waals surface area contributed by atoms with Crippen molar-refractivity contribution in [1.29, 1.82) is 0 Å². The molecule has 6 heteroatoms. The van der Waals surface area contributed by atoms with Crippen molar-refractivity contribution in [3.05, 3.63) is 57.8 Å². The van der Waals surface area contributed by atoms with Crippen molar-refractivity contribution < 1.29 is 9.18 Å². The van der Waals surface area contributed by atoms with Gasteiger partial charge in [-0.15, -0.1) is 0 Å². The maximum absolute atomic E-state index is 13.3. The van der Waals surface area contributed by atoms with Gasteiger partial charge in [-0.25, -0.2) is 9.07 Å². The van der Waals surface area contributed by atoms with Gasteiger partial charge in [0.15, 0.2) is 0 Å². The Balaban J connectivity index is 2.28. The molecule has 2 aromatic rings. The summed E-state index contributed by atoms with van der Waals surface area (Å²) in [6, 6.07) is 5.65. The Morgan fingerprint density at radius 3 is 2.79 bits per heavy atom. The number of nitrogens with one attached hydrogen (secondary N) is 1. The van der Waals surface area contributed by atoms with Crippen molar-refractivity contribution in [2.75, 3.05) is 5.32 Å². The highest BCUT2D eigenvalue weighted by Gasteiger charge is 2.12. The van der Waals surface area contributed by atoms with Crippen LogP contribution in [-0.2, 0) is 7.05 Å². The van der Waals surface area contributed by atoms with Crippen LogP contribution in [0.4, 0.5) is 10.1 Å². The molecular formula is C13H12FN3O2. The molecule has 0 spiro atoms. The number of aryl methyl sites for hydroxylation is 2. The molecule has 19 heavy (non-hydrogen) atoms. The first-order valence-corrected chi connectivity index (χ1v) is 5.59. The van der Waals surface area contributed by atoms with Gasteiger partial charge in [0.25, 0.3) is 11.5 Å². The average Bonchev–Trinajstić information content (AvgIpc) is 2.37. The normalized spacial score (nSPS) is 10.3. The molecule has 0 aliphatic carbocycles. The lowest BCUT2D eigenvalue weighted by atomic mass is 10.2. The summed E-state index contributed by atoms with van der Waals surface area (Å²) in [4.78, 5) is 23.6. The zero-order chi connectivity index (χ0) is 14.0. The number of anilines is 1. The van der Waals surface area contributed by atoms with E-state index in [1.807, 2.05) is 0 Å². The molecule has 0 radical (unpaired) electrons. The molecule has 1 amide bonds. The van der Waals surface area contributed by atoms with E-state index in [0.717, 1.165) is 4.68 Å². The van der Waals surface area contributed by atoms with Gasteiger partial charge in [-0.1, -0.05) is 6.07 Å². The second kappa shape index (κ2) is 5.01. The van der Waals surface area contributed by atoms with Crippen molar-refractivity contribution in [3.8, 4) is 0 Å². The van der Waals surface area contributed by atoms with Crippen molar-refractivity contribution in [1.82, 2.24) is 9.78 Å². The molecule has 0 fully saturated rings. The van der Waals surface area contributed by atoms with E-state index in [9.17, 15) is 14.0 Å². The van der Waals surface area contributed by atoms with Gasteiger partial charge in [0.1, 0.15) is 11.4 Å². The molecule has 2 rings (SSSR count). The number of carbonyl (C=O) groups excluding carboxylic acids is 1. The van der Waals surface area contributed by atoms with Gasteiger partial charge in [0.2, 0.25) is 0 Å². The number of halogens is 1. The predicted molar refractivity (Wildman–Crippen MR) is 68.6 cm³/mol. The van der Waals surface area contributed by atoms with Crippen molar-refractivity contribution in [2.45, 2.75) is 6.92 Å². The second-order valence-corrected chi connectivity index (χ2v) is 4.09. The number of benzene rings is 1. The number of aromatic nitrogens is 2. The van der Waals surface area contributed by atoms with E-state index >= 15 is 0 Å². The maximum atomic E-state index is 13.3. The van der Waals surface area contributed by atoms with E-state index in [-0.39, 0.29) is 5.56 Å². The van der Waals surface area contributed by atoms with Crippen LogP contribution < -0.4 is 10.9 Å². The first kappa shape index (κ1) is 12.9. The van der Waals surface area contributed by atoms with E-state index in [1.54, 1.807) is 19.1 Å². The molecule has 0 aliphatic rings. The van der Waals surface area contributed by atoms with Crippen LogP contribution in [0.15, 0.2) is 35.3 Å². The number of carbonyl (C=O) groups is 1. The van der Waals surface area contributed by atoms with E-state index in [1.165, 1.54) is 25.4 Å². The monoisotopic (exact) mass is 261 g/mol. The highest BCUT2D eigenvalue weighted by atomic mass is 19.1. The number of hydrogen-bond donors (Lipinski definition) is 1. The van der Waals surface area contributed by atoms with Crippen LogP contribution in [0.1, 0.15) is 15.9 Å². The number of amides is 1. The maximum Gasteiger partial charge on any atom is 0.279 e. The van der Waals surface area contributed by atoms with Gasteiger partial charge < -0.3 is 5.32 Å². The van der Waals surface area contributed by atoms with Gasteiger partial charge in [-0.2, -0.15) is 5.10 Å². The molecule has 1 N–H and O–H groups in total. The van der Waals surface area contributed by atoms with Crippen LogP contribution in [0.2, 0.25) is 0 Å². The van der Waals surface area contributed by atoms with Gasteiger partial charge in [-0.05, 0) is 30.7 Å². The highest BCUT2D eigenvalue weighted by Crippen LogP contribution is 2.14. The summed E-state index contributed by atoms with van der Waals surface area (Å²) in [6.45, 7) is 1.62.